The number of nitrogen functional groups attached to an aromatic ring is 1. The summed E-state index contributed by atoms with van der Waals surface area (Å²) >= 11 is 3.37. The zero-order valence-corrected chi connectivity index (χ0v) is 15.7. The van der Waals surface area contributed by atoms with Crippen molar-refractivity contribution < 1.29 is 4.79 Å². The standard InChI is InChI=1S/C20H22BrN3O/c21-18-8-6-16(14-19(18)22)7-9-20(25)24-12-10-23(11-13-24)15-17-4-2-1-3-5-17/h1-9,14H,10-13,15,22H2/b9-7+. The maximum absolute atomic E-state index is 12.4. The van der Waals surface area contributed by atoms with E-state index in [9.17, 15) is 4.79 Å². The zero-order valence-electron chi connectivity index (χ0n) is 14.1. The van der Waals surface area contributed by atoms with Crippen molar-refractivity contribution in [2.75, 3.05) is 31.9 Å². The number of carbonyl (C=O) groups excluding carboxylic acids is 1. The summed E-state index contributed by atoms with van der Waals surface area (Å²) in [6.45, 7) is 4.27. The van der Waals surface area contributed by atoms with Crippen molar-refractivity contribution in [3.8, 4) is 0 Å². The van der Waals surface area contributed by atoms with Crippen LogP contribution in [0.4, 0.5) is 5.69 Å². The number of hydrogen-bond acceptors (Lipinski definition) is 3. The van der Waals surface area contributed by atoms with Crippen LogP contribution in [0.1, 0.15) is 11.1 Å². The maximum Gasteiger partial charge on any atom is 0.246 e. The Morgan fingerprint density at radius 1 is 1.08 bits per heavy atom. The lowest BCUT2D eigenvalue weighted by Crippen LogP contribution is -2.47. The van der Waals surface area contributed by atoms with E-state index in [2.05, 4.69) is 45.1 Å². The number of anilines is 1. The van der Waals surface area contributed by atoms with E-state index in [0.29, 0.717) is 5.69 Å². The van der Waals surface area contributed by atoms with E-state index in [-0.39, 0.29) is 5.91 Å². The zero-order chi connectivity index (χ0) is 17.6. The van der Waals surface area contributed by atoms with Crippen LogP contribution in [0.2, 0.25) is 0 Å². The SMILES string of the molecule is Nc1cc(/C=C/C(=O)N2CCN(Cc3ccccc3)CC2)ccc1Br. The Kier molecular flexibility index (Phi) is 5.89. The summed E-state index contributed by atoms with van der Waals surface area (Å²) < 4.78 is 0.866. The van der Waals surface area contributed by atoms with Gasteiger partial charge in [0.05, 0.1) is 0 Å². The fourth-order valence-electron chi connectivity index (χ4n) is 2.91. The minimum absolute atomic E-state index is 0.0563. The molecule has 0 bridgehead atoms. The molecule has 4 nitrogen and oxygen atoms in total. The molecule has 1 fully saturated rings. The number of benzene rings is 2. The molecule has 130 valence electrons. The van der Waals surface area contributed by atoms with Gasteiger partial charge in [-0.25, -0.2) is 0 Å². The van der Waals surface area contributed by atoms with Crippen LogP contribution in [-0.4, -0.2) is 41.9 Å². The van der Waals surface area contributed by atoms with Crippen LogP contribution in [0.5, 0.6) is 0 Å². The molecule has 5 heteroatoms. The van der Waals surface area contributed by atoms with Gasteiger partial charge < -0.3 is 10.6 Å². The van der Waals surface area contributed by atoms with E-state index < -0.39 is 0 Å². The molecule has 0 spiro atoms. The van der Waals surface area contributed by atoms with Gasteiger partial charge in [0, 0.05) is 49.0 Å². The number of nitrogens with two attached hydrogens (primary N) is 1. The second kappa shape index (κ2) is 8.32. The fourth-order valence-corrected chi connectivity index (χ4v) is 3.15. The Hall–Kier alpha value is -2.11. The van der Waals surface area contributed by atoms with Crippen molar-refractivity contribution in [1.82, 2.24) is 9.80 Å². The second-order valence-corrected chi connectivity index (χ2v) is 7.06. The third-order valence-electron chi connectivity index (χ3n) is 4.37. The first-order valence-electron chi connectivity index (χ1n) is 8.40. The lowest BCUT2D eigenvalue weighted by molar-refractivity contribution is -0.127. The Morgan fingerprint density at radius 3 is 2.48 bits per heavy atom. The van der Waals surface area contributed by atoms with Gasteiger partial charge in [-0.05, 0) is 45.3 Å². The van der Waals surface area contributed by atoms with Crippen molar-refractivity contribution >= 4 is 33.6 Å². The van der Waals surface area contributed by atoms with Gasteiger partial charge in [0.15, 0.2) is 0 Å². The molecule has 2 N–H and O–H groups in total. The van der Waals surface area contributed by atoms with Gasteiger partial charge >= 0.3 is 0 Å². The van der Waals surface area contributed by atoms with Gasteiger partial charge in [-0.15, -0.1) is 0 Å². The highest BCUT2D eigenvalue weighted by Gasteiger charge is 2.19. The molecule has 0 saturated carbocycles. The summed E-state index contributed by atoms with van der Waals surface area (Å²) in [7, 11) is 0. The van der Waals surface area contributed by atoms with Crippen molar-refractivity contribution in [1.29, 1.82) is 0 Å². The highest BCUT2D eigenvalue weighted by Crippen LogP contribution is 2.21. The van der Waals surface area contributed by atoms with E-state index in [4.69, 9.17) is 5.73 Å². The molecular formula is C20H22BrN3O. The molecule has 1 aliphatic heterocycles. The number of amides is 1. The highest BCUT2D eigenvalue weighted by molar-refractivity contribution is 9.10. The first-order valence-corrected chi connectivity index (χ1v) is 9.19. The van der Waals surface area contributed by atoms with Gasteiger partial charge in [0.2, 0.25) is 5.91 Å². The van der Waals surface area contributed by atoms with Crippen molar-refractivity contribution in [3.05, 3.63) is 70.2 Å². The molecular weight excluding hydrogens is 378 g/mol. The smallest absolute Gasteiger partial charge is 0.246 e. The Balaban J connectivity index is 1.51. The second-order valence-electron chi connectivity index (χ2n) is 6.20. The van der Waals surface area contributed by atoms with Gasteiger partial charge in [0.1, 0.15) is 0 Å². The molecule has 2 aromatic carbocycles. The quantitative estimate of drug-likeness (QED) is 0.632. The summed E-state index contributed by atoms with van der Waals surface area (Å²) in [5.74, 6) is 0.0563. The predicted octanol–water partition coefficient (Wildman–Crippen LogP) is 3.39. The van der Waals surface area contributed by atoms with Gasteiger partial charge in [-0.2, -0.15) is 0 Å². The molecule has 0 aromatic heterocycles. The summed E-state index contributed by atoms with van der Waals surface area (Å²) in [5, 5.41) is 0. The molecule has 0 aliphatic carbocycles. The maximum atomic E-state index is 12.4. The lowest BCUT2D eigenvalue weighted by Gasteiger charge is -2.34. The monoisotopic (exact) mass is 399 g/mol. The van der Waals surface area contributed by atoms with Crippen molar-refractivity contribution in [2.45, 2.75) is 6.54 Å². The number of nitrogens with zero attached hydrogens (tertiary/aromatic N) is 2. The fraction of sp³-hybridized carbons (Fsp3) is 0.250. The largest absolute Gasteiger partial charge is 0.398 e. The topological polar surface area (TPSA) is 49.6 Å². The highest BCUT2D eigenvalue weighted by atomic mass is 79.9. The number of halogens is 1. The number of piperazine rings is 1. The molecule has 1 saturated heterocycles. The molecule has 1 aliphatic rings. The Morgan fingerprint density at radius 2 is 1.80 bits per heavy atom. The average Bonchev–Trinajstić information content (AvgIpc) is 2.64. The first kappa shape index (κ1) is 17.7. The molecule has 0 unspecified atom stereocenters. The normalized spacial score (nSPS) is 15.6. The summed E-state index contributed by atoms with van der Waals surface area (Å²) in [6.07, 6.45) is 3.46. The predicted molar refractivity (Wildman–Crippen MR) is 106 cm³/mol. The van der Waals surface area contributed by atoms with Crippen molar-refractivity contribution in [3.63, 3.8) is 0 Å². The van der Waals surface area contributed by atoms with Gasteiger partial charge in [0.25, 0.3) is 0 Å². The summed E-state index contributed by atoms with van der Waals surface area (Å²) in [5.41, 5.74) is 8.78. The number of hydrogen-bond donors (Lipinski definition) is 1. The van der Waals surface area contributed by atoms with E-state index in [1.807, 2.05) is 35.2 Å². The van der Waals surface area contributed by atoms with Gasteiger partial charge in [-0.1, -0.05) is 36.4 Å². The third-order valence-corrected chi connectivity index (χ3v) is 5.09. The minimum atomic E-state index is 0.0563. The molecule has 1 amide bonds. The Bertz CT molecular complexity index is 753. The third kappa shape index (κ3) is 4.94. The van der Waals surface area contributed by atoms with Crippen LogP contribution in [0.3, 0.4) is 0 Å². The molecule has 25 heavy (non-hydrogen) atoms. The van der Waals surface area contributed by atoms with Gasteiger partial charge in [-0.3, -0.25) is 9.69 Å². The molecule has 3 rings (SSSR count). The Labute approximate surface area is 157 Å². The minimum Gasteiger partial charge on any atom is -0.398 e. The average molecular weight is 400 g/mol. The molecule has 0 atom stereocenters. The molecule has 1 heterocycles. The molecule has 2 aromatic rings. The van der Waals surface area contributed by atoms with Crippen molar-refractivity contribution in [2.24, 2.45) is 0 Å². The summed E-state index contributed by atoms with van der Waals surface area (Å²) in [6, 6.07) is 16.1. The van der Waals surface area contributed by atoms with Crippen LogP contribution in [0.25, 0.3) is 6.08 Å². The van der Waals surface area contributed by atoms with Crippen LogP contribution in [-0.2, 0) is 11.3 Å². The number of carbonyl (C=O) groups is 1. The van der Waals surface area contributed by atoms with E-state index in [1.54, 1.807) is 6.08 Å². The van der Waals surface area contributed by atoms with Crippen LogP contribution >= 0.6 is 15.9 Å². The van der Waals surface area contributed by atoms with E-state index >= 15 is 0 Å². The summed E-state index contributed by atoms with van der Waals surface area (Å²) in [4.78, 5) is 16.7. The molecule has 0 radical (unpaired) electrons. The van der Waals surface area contributed by atoms with Crippen LogP contribution < -0.4 is 5.73 Å². The van der Waals surface area contributed by atoms with Crippen LogP contribution in [0.15, 0.2) is 59.1 Å². The first-order chi connectivity index (χ1) is 12.1. The van der Waals surface area contributed by atoms with E-state index in [1.165, 1.54) is 5.56 Å². The number of rotatable bonds is 4. The van der Waals surface area contributed by atoms with Crippen LogP contribution in [0, 0.1) is 0 Å². The van der Waals surface area contributed by atoms with E-state index in [0.717, 1.165) is 42.8 Å². The lowest BCUT2D eigenvalue weighted by atomic mass is 10.2.